The molecule has 0 unspecified atom stereocenters. The number of aromatic nitrogens is 1. The van der Waals surface area contributed by atoms with Crippen LogP contribution in [0.5, 0.6) is 0 Å². The molecule has 0 spiro atoms. The highest BCUT2D eigenvalue weighted by atomic mass is 35.5. The van der Waals surface area contributed by atoms with Gasteiger partial charge in [0.05, 0.1) is 7.11 Å². The second kappa shape index (κ2) is 9.57. The van der Waals surface area contributed by atoms with Crippen LogP contribution in [-0.2, 0) is 21.2 Å². The Labute approximate surface area is 153 Å². The Morgan fingerprint density at radius 3 is 2.52 bits per heavy atom. The van der Waals surface area contributed by atoms with Crippen molar-refractivity contribution in [2.75, 3.05) is 26.7 Å². The van der Waals surface area contributed by atoms with Crippen LogP contribution in [0.25, 0.3) is 0 Å². The molecule has 0 amide bonds. The Morgan fingerprint density at radius 2 is 1.92 bits per heavy atom. The van der Waals surface area contributed by atoms with Crippen LogP contribution < -0.4 is 5.73 Å². The molecule has 0 atom stereocenters. The molecule has 1 aromatic heterocycles. The molecule has 1 heterocycles. The first kappa shape index (κ1) is 21.2. The number of benzene rings is 1. The first-order chi connectivity index (χ1) is 11.5. The van der Waals surface area contributed by atoms with E-state index in [4.69, 9.17) is 5.73 Å². The van der Waals surface area contributed by atoms with Crippen LogP contribution in [0.3, 0.4) is 0 Å². The van der Waals surface area contributed by atoms with Gasteiger partial charge >= 0.3 is 5.97 Å². The van der Waals surface area contributed by atoms with Gasteiger partial charge in [-0.05, 0) is 18.1 Å². The number of carbonyl (C=O) groups is 1. The van der Waals surface area contributed by atoms with Crippen molar-refractivity contribution in [3.8, 4) is 0 Å². The Hall–Kier alpha value is -1.87. The van der Waals surface area contributed by atoms with Gasteiger partial charge in [-0.15, -0.1) is 12.4 Å². The summed E-state index contributed by atoms with van der Waals surface area (Å²) in [6.45, 7) is 0.721. The van der Waals surface area contributed by atoms with Gasteiger partial charge in [-0.25, -0.2) is 13.2 Å². The average molecular weight is 388 g/mol. The van der Waals surface area contributed by atoms with Gasteiger partial charge in [-0.3, -0.25) is 0 Å². The fourth-order valence-corrected chi connectivity index (χ4v) is 3.75. The molecule has 25 heavy (non-hydrogen) atoms. The number of halogens is 1. The van der Waals surface area contributed by atoms with E-state index in [0.29, 0.717) is 13.0 Å². The van der Waals surface area contributed by atoms with Crippen LogP contribution in [0.1, 0.15) is 16.1 Å². The zero-order chi connectivity index (χ0) is 17.6. The van der Waals surface area contributed by atoms with Crippen molar-refractivity contribution in [1.29, 1.82) is 0 Å². The number of hydrogen-bond donors (Lipinski definition) is 2. The van der Waals surface area contributed by atoms with Gasteiger partial charge in [0, 0.05) is 25.8 Å². The molecule has 0 radical (unpaired) electrons. The predicted octanol–water partition coefficient (Wildman–Crippen LogP) is 1.42. The lowest BCUT2D eigenvalue weighted by Crippen LogP contribution is -2.36. The number of ether oxygens (including phenoxy) is 1. The van der Waals surface area contributed by atoms with Gasteiger partial charge in [0.2, 0.25) is 10.0 Å². The van der Waals surface area contributed by atoms with Crippen LogP contribution in [-0.4, -0.2) is 50.4 Å². The molecule has 2 aromatic rings. The third-order valence-electron chi connectivity index (χ3n) is 3.57. The normalized spacial score (nSPS) is 11.2. The minimum atomic E-state index is -3.74. The highest BCUT2D eigenvalue weighted by Crippen LogP contribution is 2.18. The van der Waals surface area contributed by atoms with Crippen LogP contribution in [0, 0.1) is 0 Å². The topological polar surface area (TPSA) is 105 Å². The summed E-state index contributed by atoms with van der Waals surface area (Å²) in [4.78, 5) is 14.1. The van der Waals surface area contributed by atoms with E-state index >= 15 is 0 Å². The fraction of sp³-hybridized carbons (Fsp3) is 0.312. The number of nitrogens with one attached hydrogen (secondary N) is 1. The summed E-state index contributed by atoms with van der Waals surface area (Å²) in [6, 6.07) is 10.9. The quantitative estimate of drug-likeness (QED) is 0.666. The van der Waals surface area contributed by atoms with Crippen LogP contribution in [0.4, 0.5) is 0 Å². The van der Waals surface area contributed by atoms with Gasteiger partial charge in [0.25, 0.3) is 0 Å². The molecular weight excluding hydrogens is 366 g/mol. The zero-order valence-electron chi connectivity index (χ0n) is 13.8. The van der Waals surface area contributed by atoms with Gasteiger partial charge in [-0.1, -0.05) is 30.3 Å². The lowest BCUT2D eigenvalue weighted by Gasteiger charge is -2.20. The van der Waals surface area contributed by atoms with Gasteiger partial charge in [-0.2, -0.15) is 4.31 Å². The van der Waals surface area contributed by atoms with Crippen molar-refractivity contribution in [1.82, 2.24) is 9.29 Å². The highest BCUT2D eigenvalue weighted by Gasteiger charge is 2.26. The minimum Gasteiger partial charge on any atom is -0.464 e. The van der Waals surface area contributed by atoms with E-state index in [0.717, 1.165) is 5.56 Å². The van der Waals surface area contributed by atoms with E-state index in [1.165, 1.54) is 23.7 Å². The molecule has 1 aromatic carbocycles. The zero-order valence-corrected chi connectivity index (χ0v) is 15.5. The van der Waals surface area contributed by atoms with Crippen molar-refractivity contribution >= 4 is 28.4 Å². The molecule has 9 heteroatoms. The van der Waals surface area contributed by atoms with E-state index in [2.05, 4.69) is 9.72 Å². The summed E-state index contributed by atoms with van der Waals surface area (Å²) in [6.07, 6.45) is 1.86. The van der Waals surface area contributed by atoms with Crippen molar-refractivity contribution in [3.63, 3.8) is 0 Å². The summed E-state index contributed by atoms with van der Waals surface area (Å²) >= 11 is 0. The molecule has 0 saturated heterocycles. The number of aromatic amines is 1. The number of rotatable bonds is 8. The minimum absolute atomic E-state index is 0. The molecule has 0 aliphatic carbocycles. The number of carbonyl (C=O) groups excluding carboxylic acids is 1. The molecule has 2 rings (SSSR count). The molecule has 0 aliphatic rings. The number of esters is 1. The van der Waals surface area contributed by atoms with Crippen molar-refractivity contribution in [2.24, 2.45) is 5.73 Å². The maximum Gasteiger partial charge on any atom is 0.354 e. The van der Waals surface area contributed by atoms with Crippen molar-refractivity contribution in [2.45, 2.75) is 11.3 Å². The van der Waals surface area contributed by atoms with E-state index in [1.807, 2.05) is 30.3 Å². The third-order valence-corrected chi connectivity index (χ3v) is 5.45. The Bertz CT molecular complexity index is 778. The Balaban J connectivity index is 0.00000312. The third kappa shape index (κ3) is 5.30. The van der Waals surface area contributed by atoms with Crippen molar-refractivity contribution in [3.05, 3.63) is 53.9 Å². The van der Waals surface area contributed by atoms with Gasteiger partial charge in [0.15, 0.2) is 0 Å². The summed E-state index contributed by atoms with van der Waals surface area (Å²) in [5.41, 5.74) is 6.69. The maximum atomic E-state index is 12.8. The first-order valence-corrected chi connectivity index (χ1v) is 8.94. The number of sulfonamides is 1. The molecule has 0 bridgehead atoms. The first-order valence-electron chi connectivity index (χ1n) is 7.50. The lowest BCUT2D eigenvalue weighted by molar-refractivity contribution is 0.0594. The number of nitrogens with two attached hydrogens (primary N) is 1. The molecular formula is C16H22ClN3O4S. The van der Waals surface area contributed by atoms with Crippen molar-refractivity contribution < 1.29 is 17.9 Å². The summed E-state index contributed by atoms with van der Waals surface area (Å²) in [5.74, 6) is -0.619. The molecule has 0 saturated carbocycles. The number of nitrogens with zero attached hydrogens (tertiary/aromatic N) is 1. The standard InChI is InChI=1S/C16H21N3O4S.ClH/c1-23-16(20)15-11-14(12-18-15)24(21,22)19(10-8-17)9-7-13-5-3-2-4-6-13;/h2-6,11-12,18H,7-10,17H2,1H3;1H. The predicted molar refractivity (Wildman–Crippen MR) is 97.3 cm³/mol. The average Bonchev–Trinajstić information content (AvgIpc) is 3.09. The monoisotopic (exact) mass is 387 g/mol. The van der Waals surface area contributed by atoms with E-state index in [-0.39, 0.29) is 36.1 Å². The van der Waals surface area contributed by atoms with E-state index in [1.54, 1.807) is 0 Å². The second-order valence-electron chi connectivity index (χ2n) is 5.17. The number of methoxy groups -OCH3 is 1. The van der Waals surface area contributed by atoms with Crippen LogP contribution in [0.2, 0.25) is 0 Å². The maximum absolute atomic E-state index is 12.8. The fourth-order valence-electron chi connectivity index (χ4n) is 2.29. The molecule has 0 aliphatic heterocycles. The largest absolute Gasteiger partial charge is 0.464 e. The Morgan fingerprint density at radius 1 is 1.24 bits per heavy atom. The second-order valence-corrected chi connectivity index (χ2v) is 7.11. The van der Waals surface area contributed by atoms with Gasteiger partial charge in [0.1, 0.15) is 10.6 Å². The van der Waals surface area contributed by atoms with Crippen LogP contribution in [0.15, 0.2) is 47.5 Å². The summed E-state index contributed by atoms with van der Waals surface area (Å²) in [5, 5.41) is 0. The molecule has 138 valence electrons. The number of H-pyrrole nitrogens is 1. The summed E-state index contributed by atoms with van der Waals surface area (Å²) in [7, 11) is -2.51. The molecule has 7 nitrogen and oxygen atoms in total. The SMILES string of the molecule is COC(=O)c1cc(S(=O)(=O)N(CCN)CCc2ccccc2)c[nH]1.Cl. The smallest absolute Gasteiger partial charge is 0.354 e. The van der Waals surface area contributed by atoms with E-state index < -0.39 is 16.0 Å². The number of hydrogen-bond acceptors (Lipinski definition) is 5. The van der Waals surface area contributed by atoms with E-state index in [9.17, 15) is 13.2 Å². The van der Waals surface area contributed by atoms with Gasteiger partial charge < -0.3 is 15.5 Å². The van der Waals surface area contributed by atoms with Crippen LogP contribution >= 0.6 is 12.4 Å². The lowest BCUT2D eigenvalue weighted by atomic mass is 10.1. The summed E-state index contributed by atoms with van der Waals surface area (Å²) < 4.78 is 31.4. The highest BCUT2D eigenvalue weighted by molar-refractivity contribution is 7.89. The Kier molecular flexibility index (Phi) is 8.11. The molecule has 3 N–H and O–H groups in total. The molecule has 0 fully saturated rings.